The molecule has 0 fully saturated rings. The molecule has 150 valence electrons. The summed E-state index contributed by atoms with van der Waals surface area (Å²) in [5, 5.41) is 14.0. The van der Waals surface area contributed by atoms with Gasteiger partial charge in [0.2, 0.25) is 11.8 Å². The minimum Gasteiger partial charge on any atom is -0.480 e. The van der Waals surface area contributed by atoms with Gasteiger partial charge in [0.25, 0.3) is 0 Å². The molecule has 0 heterocycles. The van der Waals surface area contributed by atoms with E-state index in [0.29, 0.717) is 5.75 Å². The zero-order valence-electron chi connectivity index (χ0n) is 16.1. The first-order valence-corrected chi connectivity index (χ1v) is 10.4. The maximum atomic E-state index is 12.5. The Kier molecular flexibility index (Phi) is 9.18. The zero-order chi connectivity index (χ0) is 20.6. The monoisotopic (exact) mass is 412 g/mol. The number of aliphatic carboxylic acids is 1. The summed E-state index contributed by atoms with van der Waals surface area (Å²) < 4.78 is 0. The minimum atomic E-state index is -1.25. The van der Waals surface area contributed by atoms with E-state index in [1.54, 1.807) is 0 Å². The van der Waals surface area contributed by atoms with E-state index in [0.717, 1.165) is 5.56 Å². The fourth-order valence-electron chi connectivity index (χ4n) is 2.12. The predicted octanol–water partition coefficient (Wildman–Crippen LogP) is 2.34. The Hall–Kier alpha value is -1.67. The van der Waals surface area contributed by atoms with Crippen LogP contribution < -0.4 is 10.6 Å². The van der Waals surface area contributed by atoms with Crippen LogP contribution in [0.4, 0.5) is 0 Å². The van der Waals surface area contributed by atoms with Crippen molar-refractivity contribution in [1.82, 2.24) is 10.6 Å². The highest BCUT2D eigenvalue weighted by molar-refractivity contribution is 7.98. The van der Waals surface area contributed by atoms with Crippen molar-refractivity contribution < 1.29 is 19.5 Å². The van der Waals surface area contributed by atoms with Gasteiger partial charge in [-0.2, -0.15) is 24.4 Å². The summed E-state index contributed by atoms with van der Waals surface area (Å²) in [5.74, 6) is -1.14. The molecular formula is C19H28N2O4S2. The van der Waals surface area contributed by atoms with Crippen molar-refractivity contribution >= 4 is 42.2 Å². The molecule has 0 aromatic heterocycles. The number of nitrogens with one attached hydrogen (secondary N) is 2. The molecule has 1 rings (SSSR count). The fraction of sp³-hybridized carbons (Fsp3) is 0.526. The van der Waals surface area contributed by atoms with Gasteiger partial charge >= 0.3 is 5.97 Å². The van der Waals surface area contributed by atoms with E-state index in [9.17, 15) is 19.5 Å². The van der Waals surface area contributed by atoms with Crippen LogP contribution in [0.25, 0.3) is 0 Å². The number of rotatable bonds is 10. The Balaban J connectivity index is 2.62. The SMILES string of the molecule is CC(C)[C@H](S)C(=O)NC(C)(C)C(=O)NC(CSCc1ccccc1)C(=O)O. The zero-order valence-corrected chi connectivity index (χ0v) is 17.8. The minimum absolute atomic E-state index is 0.00773. The number of carbonyl (C=O) groups is 3. The van der Waals surface area contributed by atoms with E-state index in [2.05, 4.69) is 23.3 Å². The molecule has 0 aliphatic heterocycles. The van der Waals surface area contributed by atoms with Gasteiger partial charge in [-0.05, 0) is 25.3 Å². The van der Waals surface area contributed by atoms with Crippen molar-refractivity contribution in [3.63, 3.8) is 0 Å². The first-order chi connectivity index (χ1) is 12.5. The summed E-state index contributed by atoms with van der Waals surface area (Å²) in [6.45, 7) is 6.79. The van der Waals surface area contributed by atoms with E-state index in [1.807, 2.05) is 44.2 Å². The third-order valence-electron chi connectivity index (χ3n) is 3.90. The van der Waals surface area contributed by atoms with Crippen LogP contribution in [0.15, 0.2) is 30.3 Å². The van der Waals surface area contributed by atoms with E-state index in [4.69, 9.17) is 0 Å². The Morgan fingerprint density at radius 2 is 1.78 bits per heavy atom. The van der Waals surface area contributed by atoms with Crippen molar-refractivity contribution in [2.75, 3.05) is 5.75 Å². The van der Waals surface area contributed by atoms with Gasteiger partial charge in [-0.15, -0.1) is 0 Å². The van der Waals surface area contributed by atoms with Crippen LogP contribution in [0.1, 0.15) is 33.3 Å². The van der Waals surface area contributed by atoms with Crippen molar-refractivity contribution in [3.05, 3.63) is 35.9 Å². The molecule has 0 saturated carbocycles. The molecule has 6 nitrogen and oxygen atoms in total. The lowest BCUT2D eigenvalue weighted by Crippen LogP contribution is -2.59. The van der Waals surface area contributed by atoms with Gasteiger partial charge < -0.3 is 15.7 Å². The molecule has 0 radical (unpaired) electrons. The summed E-state index contributed by atoms with van der Waals surface area (Å²) in [7, 11) is 0. The van der Waals surface area contributed by atoms with Gasteiger partial charge in [0.15, 0.2) is 0 Å². The summed E-state index contributed by atoms with van der Waals surface area (Å²) in [6.07, 6.45) is 0. The van der Waals surface area contributed by atoms with Crippen molar-refractivity contribution in [2.24, 2.45) is 5.92 Å². The van der Waals surface area contributed by atoms with E-state index in [1.165, 1.54) is 25.6 Å². The highest BCUT2D eigenvalue weighted by Gasteiger charge is 2.34. The topological polar surface area (TPSA) is 95.5 Å². The summed E-state index contributed by atoms with van der Waals surface area (Å²) in [4.78, 5) is 36.2. The van der Waals surface area contributed by atoms with Crippen molar-refractivity contribution in [3.8, 4) is 0 Å². The first kappa shape index (κ1) is 23.4. The molecule has 1 aromatic rings. The Morgan fingerprint density at radius 3 is 2.30 bits per heavy atom. The maximum Gasteiger partial charge on any atom is 0.327 e. The first-order valence-electron chi connectivity index (χ1n) is 8.70. The maximum absolute atomic E-state index is 12.5. The summed E-state index contributed by atoms with van der Waals surface area (Å²) in [6, 6.07) is 8.64. The number of carboxylic acid groups (broad SMARTS) is 1. The second kappa shape index (κ2) is 10.6. The third kappa shape index (κ3) is 7.84. The Labute approximate surface area is 170 Å². The Bertz CT molecular complexity index is 650. The number of hydrogen-bond acceptors (Lipinski definition) is 5. The number of amides is 2. The van der Waals surface area contributed by atoms with Crippen LogP contribution in [0.5, 0.6) is 0 Å². The van der Waals surface area contributed by atoms with Crippen LogP contribution in [-0.2, 0) is 20.1 Å². The molecule has 8 heteroatoms. The van der Waals surface area contributed by atoms with Crippen molar-refractivity contribution in [2.45, 2.75) is 50.3 Å². The number of thiol groups is 1. The molecule has 0 spiro atoms. The quantitative estimate of drug-likeness (QED) is 0.443. The average molecular weight is 413 g/mol. The number of benzene rings is 1. The van der Waals surface area contributed by atoms with Crippen LogP contribution in [-0.4, -0.2) is 45.5 Å². The van der Waals surface area contributed by atoms with E-state index >= 15 is 0 Å². The lowest BCUT2D eigenvalue weighted by molar-refractivity contribution is -0.142. The van der Waals surface area contributed by atoms with Gasteiger partial charge in [-0.25, -0.2) is 4.79 Å². The van der Waals surface area contributed by atoms with Gasteiger partial charge in [0.1, 0.15) is 11.6 Å². The van der Waals surface area contributed by atoms with Crippen molar-refractivity contribution in [1.29, 1.82) is 0 Å². The molecule has 27 heavy (non-hydrogen) atoms. The molecule has 1 aromatic carbocycles. The largest absolute Gasteiger partial charge is 0.480 e. The molecule has 0 aliphatic rings. The molecular weight excluding hydrogens is 384 g/mol. The highest BCUT2D eigenvalue weighted by atomic mass is 32.2. The molecule has 0 bridgehead atoms. The lowest BCUT2D eigenvalue weighted by Gasteiger charge is -2.29. The van der Waals surface area contributed by atoms with E-state index in [-0.39, 0.29) is 17.6 Å². The van der Waals surface area contributed by atoms with Crippen LogP contribution in [0, 0.1) is 5.92 Å². The number of carbonyl (C=O) groups excluding carboxylic acids is 2. The fourth-order valence-corrected chi connectivity index (χ4v) is 3.20. The highest BCUT2D eigenvalue weighted by Crippen LogP contribution is 2.15. The second-order valence-corrected chi connectivity index (χ2v) is 8.75. The second-order valence-electron chi connectivity index (χ2n) is 7.17. The van der Waals surface area contributed by atoms with Gasteiger partial charge in [-0.3, -0.25) is 9.59 Å². The molecule has 2 amide bonds. The molecule has 1 unspecified atom stereocenters. The molecule has 0 saturated heterocycles. The molecule has 2 atom stereocenters. The predicted molar refractivity (Wildman–Crippen MR) is 112 cm³/mol. The number of hydrogen-bond donors (Lipinski definition) is 4. The smallest absolute Gasteiger partial charge is 0.327 e. The number of carboxylic acids is 1. The van der Waals surface area contributed by atoms with Crippen LogP contribution >= 0.6 is 24.4 Å². The van der Waals surface area contributed by atoms with Crippen LogP contribution in [0.3, 0.4) is 0 Å². The third-order valence-corrected chi connectivity index (χ3v) is 5.84. The normalized spacial score (nSPS) is 13.7. The van der Waals surface area contributed by atoms with Crippen LogP contribution in [0.2, 0.25) is 0 Å². The van der Waals surface area contributed by atoms with Gasteiger partial charge in [0, 0.05) is 11.5 Å². The molecule has 3 N–H and O–H groups in total. The Morgan fingerprint density at radius 1 is 1.19 bits per heavy atom. The van der Waals surface area contributed by atoms with Gasteiger partial charge in [0.05, 0.1) is 5.25 Å². The summed E-state index contributed by atoms with van der Waals surface area (Å²) >= 11 is 5.67. The lowest BCUT2D eigenvalue weighted by atomic mass is 10.0. The average Bonchev–Trinajstić information content (AvgIpc) is 2.60. The number of thioether (sulfide) groups is 1. The summed E-state index contributed by atoms with van der Waals surface area (Å²) in [5.41, 5.74) is -0.163. The van der Waals surface area contributed by atoms with Gasteiger partial charge in [-0.1, -0.05) is 44.2 Å². The van der Waals surface area contributed by atoms with E-state index < -0.39 is 28.7 Å². The molecule has 0 aliphatic carbocycles. The standard InChI is InChI=1S/C19H28N2O4S2/c1-12(2)15(26)16(22)21-19(3,4)18(25)20-14(17(23)24)11-27-10-13-8-6-5-7-9-13/h5-9,12,14-15,26H,10-11H2,1-4H3,(H,20,25)(H,21,22)(H,23,24)/t14?,15-/m0/s1.